The summed E-state index contributed by atoms with van der Waals surface area (Å²) in [6.45, 7) is 1.56. The van der Waals surface area contributed by atoms with Crippen LogP contribution < -0.4 is 10.5 Å². The molecule has 0 aliphatic heterocycles. The Hall–Kier alpha value is -1.02. The molecule has 5 nitrogen and oxygen atoms in total. The Kier molecular flexibility index (Phi) is 5.69. The van der Waals surface area contributed by atoms with Crippen LogP contribution >= 0.6 is 0 Å². The molecule has 0 aromatic heterocycles. The molecule has 1 aliphatic rings. The first kappa shape index (κ1) is 16.4. The van der Waals surface area contributed by atoms with Crippen LogP contribution in [0.2, 0.25) is 0 Å². The molecule has 1 fully saturated rings. The summed E-state index contributed by atoms with van der Waals surface area (Å²) in [6, 6.07) is 3.62. The highest BCUT2D eigenvalue weighted by Gasteiger charge is 2.21. The van der Waals surface area contributed by atoms with E-state index < -0.39 is 15.8 Å². The van der Waals surface area contributed by atoms with Crippen LogP contribution in [0.25, 0.3) is 0 Å². The van der Waals surface area contributed by atoms with Crippen molar-refractivity contribution in [2.24, 2.45) is 11.7 Å². The number of sulfonamides is 1. The van der Waals surface area contributed by atoms with Crippen LogP contribution in [0.1, 0.15) is 24.8 Å². The van der Waals surface area contributed by atoms with Crippen molar-refractivity contribution in [1.29, 1.82) is 0 Å². The maximum absolute atomic E-state index is 13.3. The Bertz CT molecular complexity index is 574. The summed E-state index contributed by atoms with van der Waals surface area (Å²) < 4.78 is 45.3. The summed E-state index contributed by atoms with van der Waals surface area (Å²) in [5.41, 5.74) is 5.56. The van der Waals surface area contributed by atoms with Gasteiger partial charge in [-0.05, 0) is 43.4 Å². The third-order valence-corrected chi connectivity index (χ3v) is 4.81. The van der Waals surface area contributed by atoms with Crippen molar-refractivity contribution in [1.82, 2.24) is 4.72 Å². The molecule has 0 bridgehead atoms. The molecule has 0 atom stereocenters. The summed E-state index contributed by atoms with van der Waals surface area (Å²) in [6.07, 6.45) is 3.08. The average Bonchev–Trinajstić information content (AvgIpc) is 3.27. The molecule has 0 heterocycles. The van der Waals surface area contributed by atoms with E-state index in [1.807, 2.05) is 0 Å². The summed E-state index contributed by atoms with van der Waals surface area (Å²) in [4.78, 5) is 0.0308. The van der Waals surface area contributed by atoms with Crippen molar-refractivity contribution < 1.29 is 17.5 Å². The Morgan fingerprint density at radius 1 is 1.38 bits per heavy atom. The molecular formula is C14H21FN2O3S. The van der Waals surface area contributed by atoms with Gasteiger partial charge in [-0.25, -0.2) is 17.5 Å². The Balaban J connectivity index is 1.80. The summed E-state index contributed by atoms with van der Waals surface area (Å²) in [7, 11) is -3.63. The van der Waals surface area contributed by atoms with Crippen molar-refractivity contribution in [3.05, 3.63) is 29.6 Å². The van der Waals surface area contributed by atoms with Gasteiger partial charge >= 0.3 is 0 Å². The maximum Gasteiger partial charge on any atom is 0.240 e. The minimum absolute atomic E-state index is 0.0308. The Labute approximate surface area is 124 Å². The molecule has 0 unspecified atom stereocenters. The van der Waals surface area contributed by atoms with Gasteiger partial charge in [-0.15, -0.1) is 0 Å². The normalized spacial score (nSPS) is 15.3. The van der Waals surface area contributed by atoms with E-state index in [2.05, 4.69) is 4.72 Å². The SMILES string of the molecule is NCc1cc(S(=O)(=O)NCCCOCC2CC2)ccc1F. The minimum atomic E-state index is -3.63. The Morgan fingerprint density at radius 2 is 2.14 bits per heavy atom. The minimum Gasteiger partial charge on any atom is -0.381 e. The van der Waals surface area contributed by atoms with E-state index in [4.69, 9.17) is 10.5 Å². The van der Waals surface area contributed by atoms with Gasteiger partial charge in [0.2, 0.25) is 10.0 Å². The average molecular weight is 316 g/mol. The number of hydrogen-bond acceptors (Lipinski definition) is 4. The lowest BCUT2D eigenvalue weighted by molar-refractivity contribution is 0.123. The first-order valence-electron chi connectivity index (χ1n) is 7.09. The second kappa shape index (κ2) is 7.31. The number of rotatable bonds is 9. The van der Waals surface area contributed by atoms with Crippen molar-refractivity contribution in [2.45, 2.75) is 30.7 Å². The fourth-order valence-corrected chi connectivity index (χ4v) is 3.00. The van der Waals surface area contributed by atoms with E-state index in [9.17, 15) is 12.8 Å². The molecule has 0 radical (unpaired) electrons. The number of halogens is 1. The highest BCUT2D eigenvalue weighted by molar-refractivity contribution is 7.89. The second-order valence-corrected chi connectivity index (χ2v) is 6.99. The van der Waals surface area contributed by atoms with E-state index >= 15 is 0 Å². The summed E-state index contributed by atoms with van der Waals surface area (Å²) in [5.74, 6) is 0.209. The van der Waals surface area contributed by atoms with Gasteiger partial charge in [0.15, 0.2) is 0 Å². The first-order chi connectivity index (χ1) is 10.0. The van der Waals surface area contributed by atoms with Crippen molar-refractivity contribution in [2.75, 3.05) is 19.8 Å². The second-order valence-electron chi connectivity index (χ2n) is 5.23. The largest absolute Gasteiger partial charge is 0.381 e. The first-order valence-corrected chi connectivity index (χ1v) is 8.57. The predicted octanol–water partition coefficient (Wildman–Crippen LogP) is 1.38. The number of ether oxygens (including phenoxy) is 1. The molecule has 2 rings (SSSR count). The van der Waals surface area contributed by atoms with Crippen LogP contribution in [0.15, 0.2) is 23.1 Å². The quantitative estimate of drug-likeness (QED) is 0.674. The highest BCUT2D eigenvalue weighted by atomic mass is 32.2. The zero-order valence-corrected chi connectivity index (χ0v) is 12.7. The van der Waals surface area contributed by atoms with E-state index in [0.29, 0.717) is 25.5 Å². The molecule has 3 N–H and O–H groups in total. The lowest BCUT2D eigenvalue weighted by Crippen LogP contribution is -2.26. The van der Waals surface area contributed by atoms with Crippen molar-refractivity contribution >= 4 is 10.0 Å². The van der Waals surface area contributed by atoms with Crippen molar-refractivity contribution in [3.8, 4) is 0 Å². The summed E-state index contributed by atoms with van der Waals surface area (Å²) >= 11 is 0. The van der Waals surface area contributed by atoms with Crippen LogP contribution in [0.5, 0.6) is 0 Å². The molecular weight excluding hydrogens is 295 g/mol. The topological polar surface area (TPSA) is 81.4 Å². The number of hydrogen-bond donors (Lipinski definition) is 2. The van der Waals surface area contributed by atoms with Gasteiger partial charge in [-0.3, -0.25) is 0 Å². The van der Waals surface area contributed by atoms with Gasteiger partial charge in [-0.1, -0.05) is 0 Å². The molecule has 0 spiro atoms. The standard InChI is InChI=1S/C14H21FN2O3S/c15-14-5-4-13(8-12(14)9-16)21(18,19)17-6-1-7-20-10-11-2-3-11/h4-5,8,11,17H,1-3,6-7,9-10,16H2. The van der Waals surface area contributed by atoms with Crippen LogP contribution in [0, 0.1) is 11.7 Å². The third-order valence-electron chi connectivity index (χ3n) is 3.36. The fraction of sp³-hybridized carbons (Fsp3) is 0.571. The monoisotopic (exact) mass is 316 g/mol. The number of benzene rings is 1. The zero-order valence-electron chi connectivity index (χ0n) is 11.8. The lowest BCUT2D eigenvalue weighted by Gasteiger charge is -2.09. The van der Waals surface area contributed by atoms with Gasteiger partial charge in [0, 0.05) is 31.9 Å². The van der Waals surface area contributed by atoms with Gasteiger partial charge in [-0.2, -0.15) is 0 Å². The van der Waals surface area contributed by atoms with Gasteiger partial charge in [0.1, 0.15) is 5.82 Å². The van der Waals surface area contributed by atoms with Crippen LogP contribution in [0.3, 0.4) is 0 Å². The molecule has 21 heavy (non-hydrogen) atoms. The molecule has 0 amide bonds. The number of nitrogens with one attached hydrogen (secondary N) is 1. The van der Waals surface area contributed by atoms with E-state index in [1.54, 1.807) is 0 Å². The van der Waals surface area contributed by atoms with Gasteiger partial charge in [0.05, 0.1) is 4.90 Å². The molecule has 1 aromatic carbocycles. The van der Waals surface area contributed by atoms with Crippen LogP contribution in [-0.4, -0.2) is 28.2 Å². The molecule has 1 aromatic rings. The molecule has 7 heteroatoms. The van der Waals surface area contributed by atoms with E-state index in [-0.39, 0.29) is 17.0 Å². The number of nitrogens with two attached hydrogens (primary N) is 1. The van der Waals surface area contributed by atoms with Crippen LogP contribution in [0.4, 0.5) is 4.39 Å². The highest BCUT2D eigenvalue weighted by Crippen LogP contribution is 2.28. The van der Waals surface area contributed by atoms with Gasteiger partial charge < -0.3 is 10.5 Å². The van der Waals surface area contributed by atoms with E-state index in [0.717, 1.165) is 12.7 Å². The van der Waals surface area contributed by atoms with E-state index in [1.165, 1.54) is 25.0 Å². The third kappa shape index (κ3) is 5.03. The smallest absolute Gasteiger partial charge is 0.240 e. The molecule has 1 aliphatic carbocycles. The Morgan fingerprint density at radius 3 is 2.81 bits per heavy atom. The molecule has 118 valence electrons. The van der Waals surface area contributed by atoms with Crippen LogP contribution in [-0.2, 0) is 21.3 Å². The zero-order chi connectivity index (χ0) is 15.3. The predicted molar refractivity (Wildman–Crippen MR) is 77.6 cm³/mol. The lowest BCUT2D eigenvalue weighted by atomic mass is 10.2. The van der Waals surface area contributed by atoms with Crippen molar-refractivity contribution in [3.63, 3.8) is 0 Å². The van der Waals surface area contributed by atoms with Gasteiger partial charge in [0.25, 0.3) is 0 Å². The molecule has 1 saturated carbocycles. The maximum atomic E-state index is 13.3. The molecule has 0 saturated heterocycles. The fourth-order valence-electron chi connectivity index (χ4n) is 1.87. The summed E-state index contributed by atoms with van der Waals surface area (Å²) in [5, 5.41) is 0.